The Morgan fingerprint density at radius 1 is 1.21 bits per heavy atom. The first-order valence-electron chi connectivity index (χ1n) is 14.5. The molecule has 0 saturated carbocycles. The van der Waals surface area contributed by atoms with Gasteiger partial charge in [0.1, 0.15) is 35.5 Å². The van der Waals surface area contributed by atoms with Gasteiger partial charge in [0.05, 0.1) is 32.4 Å². The molecule has 0 amide bonds. The molecule has 4 saturated heterocycles. The first kappa shape index (κ1) is 26.0. The summed E-state index contributed by atoms with van der Waals surface area (Å²) in [5.74, 6) is 0.342. The van der Waals surface area contributed by atoms with Crippen molar-refractivity contribution in [3.63, 3.8) is 0 Å². The third-order valence-electron chi connectivity index (χ3n) is 9.49. The summed E-state index contributed by atoms with van der Waals surface area (Å²) >= 11 is 1.06. The van der Waals surface area contributed by atoms with Crippen LogP contribution in [0, 0.1) is 17.1 Å². The molecule has 4 atom stereocenters. The van der Waals surface area contributed by atoms with Gasteiger partial charge in [-0.1, -0.05) is 0 Å². The van der Waals surface area contributed by atoms with Crippen LogP contribution in [0.4, 0.5) is 19.6 Å². The molecule has 0 spiro atoms. The van der Waals surface area contributed by atoms with Crippen molar-refractivity contribution < 1.29 is 13.5 Å². The van der Waals surface area contributed by atoms with Crippen LogP contribution in [0.1, 0.15) is 37.7 Å². The molecule has 3 N–H and O–H groups in total. The average Bonchev–Trinajstić information content (AvgIpc) is 3.71. The highest BCUT2D eigenvalue weighted by Gasteiger charge is 2.49. The lowest BCUT2D eigenvalue weighted by molar-refractivity contribution is 0.107. The Bertz CT molecular complexity index is 1760. The van der Waals surface area contributed by atoms with Crippen molar-refractivity contribution >= 4 is 43.1 Å². The van der Waals surface area contributed by atoms with Crippen molar-refractivity contribution in [1.29, 1.82) is 5.26 Å². The molecule has 1 aromatic carbocycles. The second-order valence-corrected chi connectivity index (χ2v) is 13.1. The zero-order chi connectivity index (χ0) is 28.6. The summed E-state index contributed by atoms with van der Waals surface area (Å²) in [6.07, 6.45) is 5.57. The predicted octanol–water partition coefficient (Wildman–Crippen LogP) is 4.40. The summed E-state index contributed by atoms with van der Waals surface area (Å²) in [7, 11) is 0. The van der Waals surface area contributed by atoms with E-state index in [9.17, 15) is 14.0 Å². The number of ether oxygens (including phenoxy) is 1. The number of halogens is 2. The van der Waals surface area contributed by atoms with Crippen LogP contribution in [0.3, 0.4) is 0 Å². The number of nitrogens with two attached hydrogens (primary N) is 1. The maximum atomic E-state index is 14.7. The van der Waals surface area contributed by atoms with Gasteiger partial charge in [0.2, 0.25) is 0 Å². The number of nitrogens with zero attached hydrogens (tertiary/aromatic N) is 6. The van der Waals surface area contributed by atoms with E-state index in [4.69, 9.17) is 25.4 Å². The van der Waals surface area contributed by atoms with Crippen molar-refractivity contribution in [2.45, 2.75) is 55.9 Å². The molecule has 3 aromatic heterocycles. The van der Waals surface area contributed by atoms with Crippen molar-refractivity contribution in [1.82, 2.24) is 25.2 Å². The molecule has 12 heteroatoms. The molecule has 4 aliphatic heterocycles. The fourth-order valence-electron chi connectivity index (χ4n) is 7.57. The average molecular weight is 589 g/mol. The number of pyridine rings is 1. The minimum Gasteiger partial charge on any atom is -0.461 e. The summed E-state index contributed by atoms with van der Waals surface area (Å²) in [6.45, 7) is 3.32. The topological polar surface area (TPSA) is 116 Å². The number of piperazine rings is 1. The molecule has 4 aliphatic rings. The van der Waals surface area contributed by atoms with Gasteiger partial charge >= 0.3 is 6.01 Å². The highest BCUT2D eigenvalue weighted by atomic mass is 32.1. The Hall–Kier alpha value is -3.66. The SMILES string of the molecule is N#Cc1c(N)sc2c(F)ccc(-c3cc4nc(OC[C@@]56CCCN5C[C@H](F)C6)nc(N5CC6CCC(C5)N6)c4cn3)c12. The molecule has 2 bridgehead atoms. The van der Waals surface area contributed by atoms with Crippen LogP contribution in [-0.2, 0) is 0 Å². The minimum atomic E-state index is -0.844. The number of anilines is 2. The van der Waals surface area contributed by atoms with Crippen LogP contribution in [-0.4, -0.2) is 76.4 Å². The van der Waals surface area contributed by atoms with Gasteiger partial charge in [0, 0.05) is 55.3 Å². The number of hydrogen-bond donors (Lipinski definition) is 2. The normalized spacial score (nSPS) is 27.2. The number of aromatic nitrogens is 3. The largest absolute Gasteiger partial charge is 0.461 e. The molecule has 2 unspecified atom stereocenters. The molecule has 8 rings (SSSR count). The van der Waals surface area contributed by atoms with Gasteiger partial charge in [-0.3, -0.25) is 9.88 Å². The number of benzene rings is 1. The molecule has 7 heterocycles. The van der Waals surface area contributed by atoms with Gasteiger partial charge in [-0.15, -0.1) is 11.3 Å². The van der Waals surface area contributed by atoms with Gasteiger partial charge in [-0.25, -0.2) is 8.78 Å². The zero-order valence-electron chi connectivity index (χ0n) is 22.9. The van der Waals surface area contributed by atoms with E-state index in [1.165, 1.54) is 6.07 Å². The third kappa shape index (κ3) is 4.09. The molecule has 9 nitrogen and oxygen atoms in total. The lowest BCUT2D eigenvalue weighted by Crippen LogP contribution is -2.51. The lowest BCUT2D eigenvalue weighted by Gasteiger charge is -2.34. The first-order chi connectivity index (χ1) is 20.4. The van der Waals surface area contributed by atoms with Crippen LogP contribution < -0.4 is 20.7 Å². The van der Waals surface area contributed by atoms with Crippen LogP contribution in [0.2, 0.25) is 0 Å². The fraction of sp³-hybridized carbons (Fsp3) is 0.467. The number of nitriles is 1. The summed E-state index contributed by atoms with van der Waals surface area (Å²) in [4.78, 5) is 19.0. The van der Waals surface area contributed by atoms with Gasteiger partial charge < -0.3 is 20.7 Å². The summed E-state index contributed by atoms with van der Waals surface area (Å²) in [5.41, 5.74) is 7.82. The van der Waals surface area contributed by atoms with E-state index in [0.29, 0.717) is 58.5 Å². The molecular weight excluding hydrogens is 558 g/mol. The number of nitrogen functional groups attached to an aromatic ring is 1. The monoisotopic (exact) mass is 588 g/mol. The Morgan fingerprint density at radius 2 is 2.05 bits per heavy atom. The third-order valence-corrected chi connectivity index (χ3v) is 10.5. The van der Waals surface area contributed by atoms with Gasteiger partial charge in [0.15, 0.2) is 0 Å². The Morgan fingerprint density at radius 3 is 2.86 bits per heavy atom. The fourth-order valence-corrected chi connectivity index (χ4v) is 8.52. The predicted molar refractivity (Wildman–Crippen MR) is 158 cm³/mol. The van der Waals surface area contributed by atoms with Crippen LogP contribution in [0.15, 0.2) is 24.4 Å². The number of rotatable bonds is 5. The summed E-state index contributed by atoms with van der Waals surface area (Å²) in [6, 6.07) is 8.05. The number of fused-ring (bicyclic) bond motifs is 5. The highest BCUT2D eigenvalue weighted by Crippen LogP contribution is 2.42. The van der Waals surface area contributed by atoms with Crippen molar-refractivity contribution in [2.75, 3.05) is 43.4 Å². The summed E-state index contributed by atoms with van der Waals surface area (Å²) < 4.78 is 35.8. The quantitative estimate of drug-likeness (QED) is 0.350. The number of nitrogens with one attached hydrogen (secondary N) is 1. The molecular formula is C30H30F2N8OS. The van der Waals surface area contributed by atoms with Gasteiger partial charge in [-0.05, 0) is 50.4 Å². The maximum absolute atomic E-state index is 14.7. The molecule has 216 valence electrons. The zero-order valence-corrected chi connectivity index (χ0v) is 23.8. The Balaban J connectivity index is 1.23. The lowest BCUT2D eigenvalue weighted by atomic mass is 9.95. The van der Waals surface area contributed by atoms with E-state index in [-0.39, 0.29) is 22.1 Å². The van der Waals surface area contributed by atoms with E-state index in [1.807, 2.05) is 6.07 Å². The van der Waals surface area contributed by atoms with Crippen LogP contribution in [0.25, 0.3) is 32.2 Å². The van der Waals surface area contributed by atoms with Gasteiger partial charge in [-0.2, -0.15) is 15.2 Å². The highest BCUT2D eigenvalue weighted by molar-refractivity contribution is 7.23. The van der Waals surface area contributed by atoms with E-state index in [0.717, 1.165) is 67.9 Å². The van der Waals surface area contributed by atoms with E-state index in [2.05, 4.69) is 21.2 Å². The van der Waals surface area contributed by atoms with Crippen LogP contribution >= 0.6 is 11.3 Å². The standard InChI is InChI=1S/C30H30F2N8OS/c31-16-9-30(6-1-7-40(30)12-16)15-41-29-37-24-8-23(19-4-5-22(32)26-25(19)20(10-33)27(34)42-26)35-11-21(24)28(38-29)39-13-17-2-3-18(14-39)36-17/h4-5,8,11,16-18,36H,1-3,6-7,9,12-15,34H2/t16-,17?,18?,30+/m1/s1. The Kier molecular flexibility index (Phi) is 6.00. The maximum Gasteiger partial charge on any atom is 0.319 e. The van der Waals surface area contributed by atoms with Crippen molar-refractivity contribution in [3.8, 4) is 23.3 Å². The van der Waals surface area contributed by atoms with Crippen molar-refractivity contribution in [3.05, 3.63) is 35.8 Å². The van der Waals surface area contributed by atoms with Gasteiger partial charge in [0.25, 0.3) is 0 Å². The Labute approximate surface area is 245 Å². The smallest absolute Gasteiger partial charge is 0.319 e. The van der Waals surface area contributed by atoms with Crippen LogP contribution in [0.5, 0.6) is 6.01 Å². The molecule has 4 fully saturated rings. The second kappa shape index (κ2) is 9.69. The molecule has 0 radical (unpaired) electrons. The second-order valence-electron chi connectivity index (χ2n) is 12.1. The molecule has 4 aromatic rings. The number of thiophene rings is 1. The molecule has 42 heavy (non-hydrogen) atoms. The van der Waals surface area contributed by atoms with Crippen molar-refractivity contribution in [2.24, 2.45) is 0 Å². The number of alkyl halides is 1. The van der Waals surface area contributed by atoms with E-state index >= 15 is 0 Å². The summed E-state index contributed by atoms with van der Waals surface area (Å²) in [5, 5.41) is 15.0. The minimum absolute atomic E-state index is 0.248. The van der Waals surface area contributed by atoms with E-state index < -0.39 is 12.0 Å². The number of hydrogen-bond acceptors (Lipinski definition) is 10. The van der Waals surface area contributed by atoms with E-state index in [1.54, 1.807) is 12.3 Å². The first-order valence-corrected chi connectivity index (χ1v) is 15.3. The molecule has 0 aliphatic carbocycles.